The van der Waals surface area contributed by atoms with Crippen molar-refractivity contribution in [2.24, 2.45) is 10.7 Å². The van der Waals surface area contributed by atoms with Crippen LogP contribution in [0, 0.1) is 0 Å². The number of hydrogen-bond donors (Lipinski definition) is 2. The highest BCUT2D eigenvalue weighted by molar-refractivity contribution is 8.14. The molecule has 3 N–H and O–H groups in total. The third kappa shape index (κ3) is 5.41. The Morgan fingerprint density at radius 1 is 1.71 bits per heavy atom. The van der Waals surface area contributed by atoms with E-state index >= 15 is 0 Å². The number of primary amides is 1. The number of carbonyl (C=O) groups is 1. The van der Waals surface area contributed by atoms with Gasteiger partial charge in [-0.2, -0.15) is 0 Å². The molecule has 1 aliphatic heterocycles. The van der Waals surface area contributed by atoms with Gasteiger partial charge >= 0.3 is 0 Å². The number of thioether (sulfide) groups is 1. The molecule has 1 heterocycles. The maximum atomic E-state index is 10.9. The van der Waals surface area contributed by atoms with Crippen LogP contribution in [0.5, 0.6) is 0 Å². The van der Waals surface area contributed by atoms with Crippen molar-refractivity contribution in [2.45, 2.75) is 38.3 Å². The molecular weight excluding hydrogens is 238 g/mol. The summed E-state index contributed by atoms with van der Waals surface area (Å²) < 4.78 is 5.03. The van der Waals surface area contributed by atoms with E-state index in [-0.39, 0.29) is 11.4 Å². The molecule has 0 fully saturated rings. The van der Waals surface area contributed by atoms with Crippen molar-refractivity contribution in [3.8, 4) is 0 Å². The van der Waals surface area contributed by atoms with Gasteiger partial charge in [0.25, 0.3) is 0 Å². The minimum absolute atomic E-state index is 0.301. The molecule has 0 aromatic heterocycles. The Balaban J connectivity index is 2.44. The first-order chi connectivity index (χ1) is 7.93. The molecule has 0 radical (unpaired) electrons. The van der Waals surface area contributed by atoms with Gasteiger partial charge < -0.3 is 15.8 Å². The summed E-state index contributed by atoms with van der Waals surface area (Å²) >= 11 is 1.69. The van der Waals surface area contributed by atoms with Crippen LogP contribution in [0.25, 0.3) is 0 Å². The lowest BCUT2D eigenvalue weighted by atomic mass is 10.0. The van der Waals surface area contributed by atoms with Gasteiger partial charge in [-0.3, -0.25) is 9.79 Å². The monoisotopic (exact) mass is 259 g/mol. The number of rotatable bonds is 6. The lowest BCUT2D eigenvalue weighted by Crippen LogP contribution is -2.44. The maximum absolute atomic E-state index is 10.9. The van der Waals surface area contributed by atoms with Crippen LogP contribution in [0.1, 0.15) is 26.7 Å². The highest BCUT2D eigenvalue weighted by Crippen LogP contribution is 2.21. The highest BCUT2D eigenvalue weighted by atomic mass is 32.2. The van der Waals surface area contributed by atoms with E-state index in [0.717, 1.165) is 23.9 Å². The molecule has 1 rings (SSSR count). The van der Waals surface area contributed by atoms with Crippen LogP contribution in [0.2, 0.25) is 0 Å². The number of aliphatic imine (C=N–C) groups is 1. The van der Waals surface area contributed by atoms with Gasteiger partial charge in [0.1, 0.15) is 0 Å². The Bertz CT molecular complexity index is 305. The van der Waals surface area contributed by atoms with Crippen molar-refractivity contribution in [1.29, 1.82) is 0 Å². The summed E-state index contributed by atoms with van der Waals surface area (Å²) in [7, 11) is 1.70. The van der Waals surface area contributed by atoms with E-state index in [9.17, 15) is 4.79 Å². The first kappa shape index (κ1) is 14.3. The smallest absolute Gasteiger partial charge is 0.219 e. The van der Waals surface area contributed by atoms with E-state index in [2.05, 4.69) is 10.3 Å². The number of nitrogens with one attached hydrogen (secondary N) is 1. The third-order valence-corrected chi connectivity index (χ3v) is 3.46. The van der Waals surface area contributed by atoms with Crippen LogP contribution in [-0.2, 0) is 9.53 Å². The van der Waals surface area contributed by atoms with Crippen molar-refractivity contribution in [2.75, 3.05) is 19.5 Å². The fourth-order valence-electron chi connectivity index (χ4n) is 1.65. The second-order valence-corrected chi connectivity index (χ2v) is 5.84. The Hall–Kier alpha value is -0.750. The van der Waals surface area contributed by atoms with Gasteiger partial charge in [0.15, 0.2) is 5.17 Å². The average Bonchev–Trinajstić information content (AvgIpc) is 2.59. The zero-order chi connectivity index (χ0) is 12.9. The number of carbonyl (C=O) groups excluding carboxylic acids is 1. The molecule has 6 heteroatoms. The highest BCUT2D eigenvalue weighted by Gasteiger charge is 2.25. The van der Waals surface area contributed by atoms with Gasteiger partial charge in [0.05, 0.1) is 6.04 Å². The molecular formula is C11H21N3O2S. The van der Waals surface area contributed by atoms with Crippen molar-refractivity contribution < 1.29 is 9.53 Å². The maximum Gasteiger partial charge on any atom is 0.219 e. The van der Waals surface area contributed by atoms with Crippen LogP contribution >= 0.6 is 11.8 Å². The second-order valence-electron chi connectivity index (χ2n) is 4.83. The van der Waals surface area contributed by atoms with E-state index in [1.165, 1.54) is 0 Å². The molecule has 0 saturated carbocycles. The first-order valence-electron chi connectivity index (χ1n) is 5.69. The van der Waals surface area contributed by atoms with Crippen LogP contribution in [0.15, 0.2) is 4.99 Å². The number of hydrogen-bond acceptors (Lipinski definition) is 5. The molecule has 98 valence electrons. The standard InChI is InChI=1S/C11H21N3O2S/c1-11(2,6-9(12)15)14-10-13-8(7-17-10)4-5-16-3/h8H,4-7H2,1-3H3,(H2,12,15)(H,13,14). The second kappa shape index (κ2) is 6.26. The molecule has 0 saturated heterocycles. The summed E-state index contributed by atoms with van der Waals surface area (Å²) in [6.07, 6.45) is 1.24. The summed E-state index contributed by atoms with van der Waals surface area (Å²) in [4.78, 5) is 15.5. The van der Waals surface area contributed by atoms with Gasteiger partial charge in [-0.25, -0.2) is 0 Å². The van der Waals surface area contributed by atoms with Gasteiger partial charge in [-0.1, -0.05) is 11.8 Å². The zero-order valence-electron chi connectivity index (χ0n) is 10.7. The number of amidine groups is 1. The van der Waals surface area contributed by atoms with Crippen molar-refractivity contribution >= 4 is 22.8 Å². The fraction of sp³-hybridized carbons (Fsp3) is 0.818. The molecule has 0 bridgehead atoms. The summed E-state index contributed by atoms with van der Waals surface area (Å²) in [5.74, 6) is 0.667. The van der Waals surface area contributed by atoms with E-state index < -0.39 is 0 Å². The molecule has 1 unspecified atom stereocenters. The quantitative estimate of drug-likeness (QED) is 0.737. The lowest BCUT2D eigenvalue weighted by Gasteiger charge is -2.25. The molecule has 0 spiro atoms. The fourth-order valence-corrected chi connectivity index (χ4v) is 2.82. The Labute approximate surface area is 107 Å². The number of methoxy groups -OCH3 is 1. The molecule has 1 atom stereocenters. The van der Waals surface area contributed by atoms with Gasteiger partial charge in [0, 0.05) is 31.4 Å². The molecule has 0 aromatic rings. The molecule has 17 heavy (non-hydrogen) atoms. The van der Waals surface area contributed by atoms with Crippen molar-refractivity contribution in [1.82, 2.24) is 5.32 Å². The normalized spacial score (nSPS) is 20.2. The third-order valence-electron chi connectivity index (χ3n) is 2.43. The van der Waals surface area contributed by atoms with E-state index in [0.29, 0.717) is 12.5 Å². The molecule has 0 aliphatic carbocycles. The molecule has 1 amide bonds. The largest absolute Gasteiger partial charge is 0.385 e. The number of nitrogens with zero attached hydrogens (tertiary/aromatic N) is 1. The molecule has 1 aliphatic rings. The summed E-state index contributed by atoms with van der Waals surface area (Å²) in [5, 5.41) is 4.16. The van der Waals surface area contributed by atoms with Crippen LogP contribution in [0.4, 0.5) is 0 Å². The van der Waals surface area contributed by atoms with E-state index in [4.69, 9.17) is 10.5 Å². The van der Waals surface area contributed by atoms with Crippen LogP contribution in [-0.4, -0.2) is 42.1 Å². The summed E-state index contributed by atoms with van der Waals surface area (Å²) in [6, 6.07) is 0.312. The zero-order valence-corrected chi connectivity index (χ0v) is 11.5. The van der Waals surface area contributed by atoms with Crippen molar-refractivity contribution in [3.05, 3.63) is 0 Å². The Morgan fingerprint density at radius 3 is 3.00 bits per heavy atom. The molecule has 0 aromatic carbocycles. The minimum atomic E-state index is -0.339. The summed E-state index contributed by atoms with van der Waals surface area (Å²) in [5.41, 5.74) is 4.86. The Morgan fingerprint density at radius 2 is 2.41 bits per heavy atom. The van der Waals surface area contributed by atoms with Gasteiger partial charge in [-0.15, -0.1) is 0 Å². The number of amides is 1. The van der Waals surface area contributed by atoms with Gasteiger partial charge in [0.2, 0.25) is 5.91 Å². The van der Waals surface area contributed by atoms with E-state index in [1.54, 1.807) is 18.9 Å². The van der Waals surface area contributed by atoms with Crippen LogP contribution in [0.3, 0.4) is 0 Å². The summed E-state index contributed by atoms with van der Waals surface area (Å²) in [6.45, 7) is 4.62. The predicted molar refractivity (Wildman–Crippen MR) is 71.2 cm³/mol. The van der Waals surface area contributed by atoms with Crippen LogP contribution < -0.4 is 11.1 Å². The van der Waals surface area contributed by atoms with E-state index in [1.807, 2.05) is 13.8 Å². The van der Waals surface area contributed by atoms with Crippen molar-refractivity contribution in [3.63, 3.8) is 0 Å². The topological polar surface area (TPSA) is 76.7 Å². The lowest BCUT2D eigenvalue weighted by molar-refractivity contribution is -0.119. The number of nitrogens with two attached hydrogens (primary N) is 1. The number of ether oxygens (including phenoxy) is 1. The minimum Gasteiger partial charge on any atom is -0.385 e. The first-order valence-corrected chi connectivity index (χ1v) is 6.67. The SMILES string of the molecule is COCCC1CSC(NC(C)(C)CC(N)=O)=N1. The van der Waals surface area contributed by atoms with Gasteiger partial charge in [-0.05, 0) is 20.3 Å². The predicted octanol–water partition coefficient (Wildman–Crippen LogP) is 0.738. The Kier molecular flexibility index (Phi) is 5.27. The average molecular weight is 259 g/mol. The molecule has 5 nitrogen and oxygen atoms in total.